The predicted molar refractivity (Wildman–Crippen MR) is 242 cm³/mol. The molecule has 3 aliphatic heterocycles. The molecule has 7 rings (SSSR count). The van der Waals surface area contributed by atoms with E-state index in [0.717, 1.165) is 44.4 Å². The molecule has 0 unspecified atom stereocenters. The van der Waals surface area contributed by atoms with Crippen molar-refractivity contribution in [1.29, 1.82) is 0 Å². The molecule has 4 atom stereocenters. The molecule has 15 nitrogen and oxygen atoms in total. The highest BCUT2D eigenvalue weighted by molar-refractivity contribution is 5.96. The number of aryl methyl sites for hydroxylation is 1. The Morgan fingerprint density at radius 3 is 2.55 bits per heavy atom. The molecule has 2 aromatic carbocycles. The van der Waals surface area contributed by atoms with E-state index in [1.807, 2.05) is 45.2 Å². The first-order chi connectivity index (χ1) is 30.5. The zero-order chi connectivity index (χ0) is 46.0. The number of esters is 1. The van der Waals surface area contributed by atoms with E-state index in [0.29, 0.717) is 44.5 Å². The number of hydrazine groups is 1. The van der Waals surface area contributed by atoms with Gasteiger partial charge in [-0.25, -0.2) is 5.43 Å². The highest BCUT2D eigenvalue weighted by atomic mass is 16.5. The molecule has 2 saturated heterocycles. The van der Waals surface area contributed by atoms with Gasteiger partial charge in [0.2, 0.25) is 17.7 Å². The molecule has 2 fully saturated rings. The molecule has 0 saturated carbocycles. The van der Waals surface area contributed by atoms with Crippen LogP contribution in [0.2, 0.25) is 0 Å². The van der Waals surface area contributed by atoms with Gasteiger partial charge in [0.25, 0.3) is 5.91 Å². The molecule has 342 valence electrons. The minimum atomic E-state index is -1.16. The second kappa shape index (κ2) is 19.1. The van der Waals surface area contributed by atoms with E-state index in [-0.39, 0.29) is 56.0 Å². The van der Waals surface area contributed by atoms with Crippen LogP contribution in [0, 0.1) is 17.3 Å². The highest BCUT2D eigenvalue weighted by Crippen LogP contribution is 2.41. The number of rotatable bonds is 10. The summed E-state index contributed by atoms with van der Waals surface area (Å²) in [6, 6.07) is 10.5. The number of likely N-dealkylation sites (N-methyl/N-ethyl adjacent to an activating group) is 1. The number of benzene rings is 2. The van der Waals surface area contributed by atoms with E-state index in [1.54, 1.807) is 37.4 Å². The van der Waals surface area contributed by atoms with Crippen molar-refractivity contribution in [3.8, 4) is 28.1 Å². The lowest BCUT2D eigenvalue weighted by atomic mass is 9.84. The van der Waals surface area contributed by atoms with Crippen LogP contribution < -0.4 is 10.7 Å². The molecule has 2 aromatic heterocycles. The Morgan fingerprint density at radius 1 is 1.06 bits per heavy atom. The van der Waals surface area contributed by atoms with Crippen LogP contribution in [0.25, 0.3) is 33.3 Å². The molecule has 15 heteroatoms. The molecule has 64 heavy (non-hydrogen) atoms. The SMILES string of the molecule is CCN1C[C@@H](C(=O)N(C)[C@H](C(=O)N[C@H]2Cc3cc(O)cc(c3)-c3ccc4c(c3)c(c(-c3cnccc3COC)n4CC)CC(C)(C)COC(=O)[C@@H]3CCCN(N3)C2=O)C(C)C)CC1=O. The maximum absolute atomic E-state index is 14.7. The Bertz CT molecular complexity index is 2430. The molecular weight excluding hydrogens is 815 g/mol. The second-order valence-electron chi connectivity index (χ2n) is 18.7. The monoisotopic (exact) mass is 877 g/mol. The van der Waals surface area contributed by atoms with Crippen LogP contribution in [-0.2, 0) is 59.4 Å². The second-order valence-corrected chi connectivity index (χ2v) is 18.7. The zero-order valence-corrected chi connectivity index (χ0v) is 38.4. The Kier molecular flexibility index (Phi) is 13.8. The number of methoxy groups -OCH3 is 1. The molecule has 6 bridgehead atoms. The number of carbonyl (C=O) groups excluding carboxylic acids is 5. The number of pyridine rings is 1. The first kappa shape index (κ1) is 46.2. The van der Waals surface area contributed by atoms with Gasteiger partial charge in [0.15, 0.2) is 0 Å². The van der Waals surface area contributed by atoms with E-state index in [2.05, 4.69) is 53.2 Å². The van der Waals surface area contributed by atoms with Crippen molar-refractivity contribution >= 4 is 40.5 Å². The van der Waals surface area contributed by atoms with Crippen LogP contribution in [0.5, 0.6) is 5.75 Å². The standard InChI is InChI=1S/C49H63N7O8/c1-9-54-26-34(23-42(54)58)46(60)53(7)43(29(3)4)45(59)51-40-20-30-18-33(21-35(57)19-30)31-13-14-41-36(22-31)37(44(55(41)10-2)38-25-50-16-15-32(38)27-63-8)24-49(5,6)28-64-48(62)39-12-11-17-56(52-39)47(40)61/h13-16,18-19,21-22,25,29,34,39-40,43,52,57H,9-12,17,20,23-24,26-28H2,1-8H3,(H,51,59)/t34-,39-,40-,43-/m0/s1. The fourth-order valence-corrected chi connectivity index (χ4v) is 9.78. The number of amides is 4. The lowest BCUT2D eigenvalue weighted by Gasteiger charge is -2.37. The molecule has 4 aromatic rings. The van der Waals surface area contributed by atoms with Crippen LogP contribution in [0.4, 0.5) is 0 Å². The number of aromatic hydroxyl groups is 1. The molecule has 0 spiro atoms. The molecule has 4 amide bonds. The number of phenolic OH excluding ortho intramolecular Hbond substituents is 1. The molecule has 3 N–H and O–H groups in total. The number of aromatic nitrogens is 2. The summed E-state index contributed by atoms with van der Waals surface area (Å²) < 4.78 is 14.0. The molecule has 5 heterocycles. The van der Waals surface area contributed by atoms with Gasteiger partial charge in [0, 0.05) is 87.5 Å². The van der Waals surface area contributed by atoms with Crippen molar-refractivity contribution in [2.75, 3.05) is 40.4 Å². The van der Waals surface area contributed by atoms with Crippen molar-refractivity contribution in [3.63, 3.8) is 0 Å². The maximum atomic E-state index is 14.7. The van der Waals surface area contributed by atoms with Crippen LogP contribution in [0.15, 0.2) is 54.9 Å². The summed E-state index contributed by atoms with van der Waals surface area (Å²) in [5.41, 5.74) is 9.74. The van der Waals surface area contributed by atoms with Gasteiger partial charge < -0.3 is 34.3 Å². The lowest BCUT2D eigenvalue weighted by Crippen LogP contribution is -2.62. The highest BCUT2D eigenvalue weighted by Gasteiger charge is 2.41. The summed E-state index contributed by atoms with van der Waals surface area (Å²) in [6.45, 7) is 14.0. The van der Waals surface area contributed by atoms with Crippen LogP contribution in [-0.4, -0.2) is 118 Å². The van der Waals surface area contributed by atoms with Gasteiger partial charge in [0.05, 0.1) is 24.8 Å². The number of likely N-dealkylation sites (tertiary alicyclic amines) is 1. The fourth-order valence-electron chi connectivity index (χ4n) is 9.78. The fraction of sp³-hybridized carbons (Fsp3) is 0.510. The zero-order valence-electron chi connectivity index (χ0n) is 38.4. The minimum absolute atomic E-state index is 0.00828. The normalized spacial score (nSPS) is 20.9. The number of hydrogen-bond donors (Lipinski definition) is 3. The van der Waals surface area contributed by atoms with Gasteiger partial charge in [-0.15, -0.1) is 0 Å². The van der Waals surface area contributed by atoms with Crippen molar-refractivity contribution in [1.82, 2.24) is 35.1 Å². The van der Waals surface area contributed by atoms with Gasteiger partial charge in [-0.1, -0.05) is 39.8 Å². The Balaban J connectivity index is 1.31. The van der Waals surface area contributed by atoms with Crippen molar-refractivity contribution in [2.45, 2.75) is 105 Å². The largest absolute Gasteiger partial charge is 0.508 e. The number of phenols is 1. The number of nitrogens with one attached hydrogen (secondary N) is 2. The molecular formula is C49H63N7O8. The minimum Gasteiger partial charge on any atom is -0.508 e. The topological polar surface area (TPSA) is 176 Å². The third kappa shape index (κ3) is 9.51. The summed E-state index contributed by atoms with van der Waals surface area (Å²) in [5, 5.41) is 16.7. The first-order valence-electron chi connectivity index (χ1n) is 22.5. The number of ether oxygens (including phenoxy) is 2. The summed E-state index contributed by atoms with van der Waals surface area (Å²) in [6.07, 6.45) is 5.21. The molecule has 0 aliphatic carbocycles. The smallest absolute Gasteiger partial charge is 0.324 e. The van der Waals surface area contributed by atoms with E-state index in [4.69, 9.17) is 9.47 Å². The van der Waals surface area contributed by atoms with E-state index in [1.165, 1.54) is 9.91 Å². The first-order valence-corrected chi connectivity index (χ1v) is 22.5. The predicted octanol–water partition coefficient (Wildman–Crippen LogP) is 5.24. The Labute approximate surface area is 375 Å². The van der Waals surface area contributed by atoms with Gasteiger partial charge >= 0.3 is 5.97 Å². The van der Waals surface area contributed by atoms with Gasteiger partial charge in [-0.05, 0) is 97.2 Å². The van der Waals surface area contributed by atoms with Gasteiger partial charge in [0.1, 0.15) is 23.9 Å². The molecule has 0 radical (unpaired) electrons. The van der Waals surface area contributed by atoms with E-state index >= 15 is 0 Å². The van der Waals surface area contributed by atoms with Crippen molar-refractivity contribution < 1.29 is 38.6 Å². The van der Waals surface area contributed by atoms with E-state index in [9.17, 15) is 29.1 Å². The quantitative estimate of drug-likeness (QED) is 0.179. The average Bonchev–Trinajstić information content (AvgIpc) is 3.80. The summed E-state index contributed by atoms with van der Waals surface area (Å²) in [4.78, 5) is 77.0. The van der Waals surface area contributed by atoms with Gasteiger partial charge in [-0.3, -0.25) is 34.0 Å². The van der Waals surface area contributed by atoms with Gasteiger partial charge in [-0.2, -0.15) is 0 Å². The Hall–Kier alpha value is -5.80. The third-order valence-electron chi connectivity index (χ3n) is 12.9. The van der Waals surface area contributed by atoms with Crippen LogP contribution >= 0.6 is 0 Å². The third-order valence-corrected chi connectivity index (χ3v) is 12.9. The number of hydrogen-bond acceptors (Lipinski definition) is 10. The average molecular weight is 878 g/mol. The number of fused-ring (bicyclic) bond motifs is 6. The van der Waals surface area contributed by atoms with E-state index < -0.39 is 47.2 Å². The van der Waals surface area contributed by atoms with Crippen molar-refractivity contribution in [2.24, 2.45) is 17.3 Å². The Morgan fingerprint density at radius 2 is 1.84 bits per heavy atom. The van der Waals surface area contributed by atoms with Crippen LogP contribution in [0.1, 0.15) is 77.5 Å². The number of cyclic esters (lactones) is 1. The summed E-state index contributed by atoms with van der Waals surface area (Å²) in [7, 11) is 3.24. The maximum Gasteiger partial charge on any atom is 0.324 e. The number of nitrogens with zero attached hydrogens (tertiary/aromatic N) is 5. The summed E-state index contributed by atoms with van der Waals surface area (Å²) >= 11 is 0. The van der Waals surface area contributed by atoms with Crippen molar-refractivity contribution in [3.05, 3.63) is 71.5 Å². The lowest BCUT2D eigenvalue weighted by molar-refractivity contribution is -0.155. The number of carbonyl (C=O) groups is 5. The molecule has 3 aliphatic rings. The summed E-state index contributed by atoms with van der Waals surface area (Å²) in [5.74, 6) is -2.84. The van der Waals surface area contributed by atoms with Crippen LogP contribution in [0.3, 0.4) is 0 Å².